The molecule has 0 radical (unpaired) electrons. The first-order valence-electron chi connectivity index (χ1n) is 5.60. The molecule has 3 rings (SSSR count). The maximum Gasteiger partial charge on any atom is 1.00 e. The molecule has 0 saturated heterocycles. The molecule has 0 saturated carbocycles. The second-order valence-electron chi connectivity index (χ2n) is 3.78. The molecular formula is C13H8N5NaO. The Kier molecular flexibility index (Phi) is 4.73. The first kappa shape index (κ1) is 14.5. The smallest absolute Gasteiger partial charge is 0.775 e. The van der Waals surface area contributed by atoms with Gasteiger partial charge < -0.3 is 5.21 Å². The zero-order chi connectivity index (χ0) is 13.1. The summed E-state index contributed by atoms with van der Waals surface area (Å²) in [5, 5.41) is 17.1. The number of nitrogens with zero attached hydrogens (tertiary/aromatic N) is 5. The van der Waals surface area contributed by atoms with Crippen molar-refractivity contribution < 1.29 is 29.6 Å². The van der Waals surface area contributed by atoms with Gasteiger partial charge in [0.05, 0.1) is 5.52 Å². The van der Waals surface area contributed by atoms with Crippen LogP contribution in [0, 0.1) is 5.21 Å². The summed E-state index contributed by atoms with van der Waals surface area (Å²) in [6.45, 7) is 0. The SMILES string of the molecule is [Na+].[O-]N=Nc1nc(-c2ccccn2)nc2ccccc12. The summed E-state index contributed by atoms with van der Waals surface area (Å²) in [6.07, 6.45) is 1.66. The summed E-state index contributed by atoms with van der Waals surface area (Å²) in [5.74, 6) is 0.669. The van der Waals surface area contributed by atoms with Crippen molar-refractivity contribution in [2.45, 2.75) is 0 Å². The van der Waals surface area contributed by atoms with Gasteiger partial charge >= 0.3 is 29.6 Å². The molecule has 0 unspecified atom stereocenters. The summed E-state index contributed by atoms with van der Waals surface area (Å²) in [7, 11) is 0. The van der Waals surface area contributed by atoms with Crippen molar-refractivity contribution in [3.8, 4) is 11.5 Å². The third-order valence-corrected chi connectivity index (χ3v) is 2.61. The zero-order valence-electron chi connectivity index (χ0n) is 10.8. The zero-order valence-corrected chi connectivity index (χ0v) is 12.8. The van der Waals surface area contributed by atoms with Crippen LogP contribution in [0.4, 0.5) is 5.82 Å². The van der Waals surface area contributed by atoms with Crippen LogP contribution in [0.3, 0.4) is 0 Å². The van der Waals surface area contributed by atoms with E-state index < -0.39 is 0 Å². The Bertz CT molecular complexity index is 748. The van der Waals surface area contributed by atoms with E-state index in [1.54, 1.807) is 18.3 Å². The molecule has 0 spiro atoms. The third-order valence-electron chi connectivity index (χ3n) is 2.61. The minimum Gasteiger partial charge on any atom is -0.775 e. The molecule has 0 bridgehead atoms. The van der Waals surface area contributed by atoms with Gasteiger partial charge in [0.25, 0.3) is 0 Å². The Labute approximate surface area is 136 Å². The van der Waals surface area contributed by atoms with Crippen molar-refractivity contribution in [1.82, 2.24) is 15.0 Å². The van der Waals surface area contributed by atoms with Crippen molar-refractivity contribution in [2.75, 3.05) is 0 Å². The molecule has 0 atom stereocenters. The summed E-state index contributed by atoms with van der Waals surface area (Å²) >= 11 is 0. The molecular weight excluding hydrogens is 265 g/mol. The number of hydrogen-bond acceptors (Lipinski definition) is 6. The van der Waals surface area contributed by atoms with Gasteiger partial charge in [0.15, 0.2) is 11.6 Å². The molecule has 20 heavy (non-hydrogen) atoms. The monoisotopic (exact) mass is 273 g/mol. The van der Waals surface area contributed by atoms with Crippen LogP contribution in [0.1, 0.15) is 0 Å². The second kappa shape index (κ2) is 6.51. The van der Waals surface area contributed by atoms with Gasteiger partial charge in [-0.3, -0.25) is 4.98 Å². The summed E-state index contributed by atoms with van der Waals surface area (Å²) in [6, 6.07) is 12.8. The van der Waals surface area contributed by atoms with Gasteiger partial charge in [-0.1, -0.05) is 18.2 Å². The van der Waals surface area contributed by atoms with Crippen LogP contribution in [0.15, 0.2) is 59.1 Å². The quantitative estimate of drug-likeness (QED) is 0.381. The molecule has 3 aromatic rings. The largest absolute Gasteiger partial charge is 1.00 e. The Hall–Kier alpha value is -1.89. The maximum atomic E-state index is 10.4. The van der Waals surface area contributed by atoms with Crippen LogP contribution in [-0.2, 0) is 0 Å². The first-order chi connectivity index (χ1) is 9.38. The molecule has 7 heteroatoms. The first-order valence-corrected chi connectivity index (χ1v) is 5.60. The molecule has 0 aliphatic heterocycles. The van der Waals surface area contributed by atoms with E-state index in [9.17, 15) is 5.21 Å². The fourth-order valence-corrected chi connectivity index (χ4v) is 1.78. The molecule has 0 aliphatic rings. The Balaban J connectivity index is 0.00000147. The molecule has 0 amide bonds. The maximum absolute atomic E-state index is 10.4. The van der Waals surface area contributed by atoms with Crippen molar-refractivity contribution in [3.05, 3.63) is 53.9 Å². The van der Waals surface area contributed by atoms with E-state index in [1.165, 1.54) is 0 Å². The van der Waals surface area contributed by atoms with Crippen molar-refractivity contribution in [3.63, 3.8) is 0 Å². The van der Waals surface area contributed by atoms with E-state index in [1.807, 2.05) is 30.3 Å². The summed E-state index contributed by atoms with van der Waals surface area (Å²) in [5.41, 5.74) is 1.32. The van der Waals surface area contributed by atoms with Gasteiger partial charge in [-0.25, -0.2) is 15.2 Å². The van der Waals surface area contributed by atoms with Gasteiger partial charge in [-0.15, -0.1) is 5.11 Å². The molecule has 0 fully saturated rings. The topological polar surface area (TPSA) is 86.5 Å². The molecule has 2 heterocycles. The summed E-state index contributed by atoms with van der Waals surface area (Å²) in [4.78, 5) is 12.8. The van der Waals surface area contributed by atoms with Crippen LogP contribution in [0.25, 0.3) is 22.4 Å². The molecule has 0 N–H and O–H groups in total. The fraction of sp³-hybridized carbons (Fsp3) is 0. The predicted octanol–water partition coefficient (Wildman–Crippen LogP) is 0.277. The van der Waals surface area contributed by atoms with E-state index in [-0.39, 0.29) is 35.4 Å². The number of pyridine rings is 1. The normalized spacial score (nSPS) is 10.6. The molecule has 92 valence electrons. The van der Waals surface area contributed by atoms with Crippen LogP contribution in [-0.4, -0.2) is 15.0 Å². The fourth-order valence-electron chi connectivity index (χ4n) is 1.78. The molecule has 6 nitrogen and oxygen atoms in total. The Morgan fingerprint density at radius 3 is 2.50 bits per heavy atom. The molecule has 0 aliphatic carbocycles. The standard InChI is InChI=1S/C13H9N5O.Na/c19-18-17-12-9-5-1-2-6-10(9)15-13(16-12)11-7-3-4-8-14-11;/h1-8H,(H,15,16,17,19);/q;+1/p-1. The Morgan fingerprint density at radius 2 is 1.75 bits per heavy atom. The van der Waals surface area contributed by atoms with Gasteiger partial charge in [0, 0.05) is 11.6 Å². The average Bonchev–Trinajstić information content (AvgIpc) is 2.48. The van der Waals surface area contributed by atoms with Gasteiger partial charge in [0.1, 0.15) is 5.69 Å². The number of para-hydroxylation sites is 1. The van der Waals surface area contributed by atoms with Crippen LogP contribution in [0.2, 0.25) is 0 Å². The van der Waals surface area contributed by atoms with E-state index >= 15 is 0 Å². The minimum absolute atomic E-state index is 0. The van der Waals surface area contributed by atoms with Crippen molar-refractivity contribution >= 4 is 16.7 Å². The van der Waals surface area contributed by atoms with Gasteiger partial charge in [-0.2, -0.15) is 0 Å². The van der Waals surface area contributed by atoms with Crippen LogP contribution in [0.5, 0.6) is 0 Å². The number of benzene rings is 1. The molecule has 2 aromatic heterocycles. The summed E-state index contributed by atoms with van der Waals surface area (Å²) < 4.78 is 0. The number of aromatic nitrogens is 3. The number of hydrogen-bond donors (Lipinski definition) is 0. The van der Waals surface area contributed by atoms with E-state index in [4.69, 9.17) is 0 Å². The second-order valence-corrected chi connectivity index (χ2v) is 3.78. The predicted molar refractivity (Wildman–Crippen MR) is 70.7 cm³/mol. The number of fused-ring (bicyclic) bond motifs is 1. The van der Waals surface area contributed by atoms with Gasteiger partial charge in [-0.05, 0) is 24.3 Å². The molecule has 1 aromatic carbocycles. The van der Waals surface area contributed by atoms with Crippen molar-refractivity contribution in [2.24, 2.45) is 10.4 Å². The van der Waals surface area contributed by atoms with E-state index in [2.05, 4.69) is 25.3 Å². The average molecular weight is 273 g/mol. The number of rotatable bonds is 2. The Morgan fingerprint density at radius 1 is 0.950 bits per heavy atom. The van der Waals surface area contributed by atoms with E-state index in [0.717, 1.165) is 0 Å². The van der Waals surface area contributed by atoms with Gasteiger partial charge in [0.2, 0.25) is 0 Å². The minimum atomic E-state index is 0. The van der Waals surface area contributed by atoms with Crippen LogP contribution < -0.4 is 29.6 Å². The van der Waals surface area contributed by atoms with Crippen LogP contribution >= 0.6 is 0 Å². The van der Waals surface area contributed by atoms with E-state index in [0.29, 0.717) is 22.4 Å². The third kappa shape index (κ3) is 2.82. The van der Waals surface area contributed by atoms with Crippen molar-refractivity contribution in [1.29, 1.82) is 0 Å².